The number of nitrogens with zero attached hydrogens (tertiary/aromatic N) is 4. The van der Waals surface area contributed by atoms with E-state index in [1.54, 1.807) is 12.1 Å². The lowest BCUT2D eigenvalue weighted by Gasteiger charge is -2.32. The summed E-state index contributed by atoms with van der Waals surface area (Å²) in [5.74, 6) is 0.364. The molecule has 0 bridgehead atoms. The van der Waals surface area contributed by atoms with Crippen LogP contribution in [0.2, 0.25) is 0 Å². The molecular formula is C21H22F3N5O3S. The highest BCUT2D eigenvalue weighted by atomic mass is 32.1. The Morgan fingerprint density at radius 1 is 1.18 bits per heavy atom. The van der Waals surface area contributed by atoms with Gasteiger partial charge in [0.05, 0.1) is 11.2 Å². The van der Waals surface area contributed by atoms with Gasteiger partial charge in [0.15, 0.2) is 11.7 Å². The van der Waals surface area contributed by atoms with E-state index in [4.69, 9.17) is 4.74 Å². The molecule has 1 amide bonds. The van der Waals surface area contributed by atoms with Crippen molar-refractivity contribution in [2.24, 2.45) is 0 Å². The SMILES string of the molecule is Cc1nc(N2CCN(C)CC2)nc2ccc(NC(=O)COc3csc(OC(F)(F)F)c3)cc12. The molecule has 1 fully saturated rings. The number of alkyl halides is 3. The molecule has 8 nitrogen and oxygen atoms in total. The van der Waals surface area contributed by atoms with Gasteiger partial charge in [0.1, 0.15) is 5.75 Å². The number of aryl methyl sites for hydroxylation is 1. The minimum Gasteiger partial charge on any atom is -0.483 e. The molecule has 0 aliphatic carbocycles. The minimum absolute atomic E-state index is 0.119. The van der Waals surface area contributed by atoms with Crippen molar-refractivity contribution in [2.45, 2.75) is 13.3 Å². The second-order valence-corrected chi connectivity index (χ2v) is 8.49. The van der Waals surface area contributed by atoms with Crippen LogP contribution in [-0.4, -0.2) is 67.0 Å². The van der Waals surface area contributed by atoms with E-state index in [0.717, 1.165) is 60.2 Å². The summed E-state index contributed by atoms with van der Waals surface area (Å²) in [5, 5.41) is 4.51. The normalized spacial score (nSPS) is 15.0. The molecule has 12 heteroatoms. The number of anilines is 2. The molecule has 0 radical (unpaired) electrons. The number of carbonyl (C=O) groups excluding carboxylic acids is 1. The van der Waals surface area contributed by atoms with Crippen LogP contribution in [0.1, 0.15) is 5.69 Å². The van der Waals surface area contributed by atoms with Crippen LogP contribution < -0.4 is 19.7 Å². The topological polar surface area (TPSA) is 79.8 Å². The molecule has 0 saturated carbocycles. The molecule has 1 N–H and O–H groups in total. The molecule has 0 atom stereocenters. The molecule has 33 heavy (non-hydrogen) atoms. The fourth-order valence-corrected chi connectivity index (χ4v) is 4.08. The van der Waals surface area contributed by atoms with Gasteiger partial charge in [-0.15, -0.1) is 24.5 Å². The first-order valence-electron chi connectivity index (χ1n) is 10.1. The number of carbonyl (C=O) groups is 1. The predicted octanol–water partition coefficient (Wildman–Crippen LogP) is 3.67. The van der Waals surface area contributed by atoms with Crippen LogP contribution in [0.25, 0.3) is 10.9 Å². The van der Waals surface area contributed by atoms with E-state index in [9.17, 15) is 18.0 Å². The number of piperazine rings is 1. The van der Waals surface area contributed by atoms with E-state index in [1.807, 2.05) is 13.0 Å². The third-order valence-corrected chi connectivity index (χ3v) is 5.87. The molecule has 0 unspecified atom stereocenters. The number of nitrogens with one attached hydrogen (secondary N) is 1. The van der Waals surface area contributed by atoms with E-state index in [-0.39, 0.29) is 17.4 Å². The zero-order chi connectivity index (χ0) is 23.6. The van der Waals surface area contributed by atoms with Gasteiger partial charge >= 0.3 is 6.36 Å². The molecule has 4 rings (SSSR count). The zero-order valence-electron chi connectivity index (χ0n) is 18.0. The van der Waals surface area contributed by atoms with Gasteiger partial charge < -0.3 is 24.6 Å². The largest absolute Gasteiger partial charge is 0.573 e. The van der Waals surface area contributed by atoms with Crippen LogP contribution in [0.15, 0.2) is 29.6 Å². The van der Waals surface area contributed by atoms with E-state index >= 15 is 0 Å². The summed E-state index contributed by atoms with van der Waals surface area (Å²) in [6.45, 7) is 5.17. The highest BCUT2D eigenvalue weighted by molar-refractivity contribution is 7.12. The lowest BCUT2D eigenvalue weighted by molar-refractivity contribution is -0.273. The Hall–Kier alpha value is -3.12. The van der Waals surface area contributed by atoms with Crippen molar-refractivity contribution < 1.29 is 27.4 Å². The van der Waals surface area contributed by atoms with Crippen molar-refractivity contribution in [1.29, 1.82) is 0 Å². The van der Waals surface area contributed by atoms with E-state index in [2.05, 4.69) is 36.9 Å². The molecule has 1 aromatic carbocycles. The van der Waals surface area contributed by atoms with Crippen molar-refractivity contribution >= 4 is 39.8 Å². The number of amides is 1. The maximum atomic E-state index is 12.2. The fraction of sp³-hybridized carbons (Fsp3) is 0.381. The highest BCUT2D eigenvalue weighted by Crippen LogP contribution is 2.33. The second kappa shape index (κ2) is 9.40. The highest BCUT2D eigenvalue weighted by Gasteiger charge is 2.32. The van der Waals surface area contributed by atoms with Crippen molar-refractivity contribution in [2.75, 3.05) is 50.1 Å². The third-order valence-electron chi connectivity index (χ3n) is 5.08. The molecular weight excluding hydrogens is 459 g/mol. The average Bonchev–Trinajstić information content (AvgIpc) is 3.18. The minimum atomic E-state index is -4.78. The Morgan fingerprint density at radius 3 is 2.67 bits per heavy atom. The number of ether oxygens (including phenoxy) is 2. The molecule has 1 aliphatic rings. The van der Waals surface area contributed by atoms with Crippen molar-refractivity contribution in [3.63, 3.8) is 0 Å². The van der Waals surface area contributed by atoms with Crippen LogP contribution in [0.5, 0.6) is 10.8 Å². The van der Waals surface area contributed by atoms with E-state index in [0.29, 0.717) is 11.6 Å². The monoisotopic (exact) mass is 481 g/mol. The van der Waals surface area contributed by atoms with Gasteiger partial charge in [-0.25, -0.2) is 9.97 Å². The van der Waals surface area contributed by atoms with Crippen LogP contribution in [0, 0.1) is 6.92 Å². The van der Waals surface area contributed by atoms with Gasteiger partial charge in [0.2, 0.25) is 5.95 Å². The number of fused-ring (bicyclic) bond motifs is 1. The number of hydrogen-bond acceptors (Lipinski definition) is 8. The second-order valence-electron chi connectivity index (χ2n) is 7.62. The summed E-state index contributed by atoms with van der Waals surface area (Å²) in [5.41, 5.74) is 2.12. The molecule has 2 aromatic heterocycles. The molecule has 1 aliphatic heterocycles. The van der Waals surface area contributed by atoms with E-state index < -0.39 is 12.3 Å². The van der Waals surface area contributed by atoms with E-state index in [1.165, 1.54) is 5.38 Å². The Morgan fingerprint density at radius 2 is 1.94 bits per heavy atom. The smallest absolute Gasteiger partial charge is 0.483 e. The number of thiophene rings is 1. The summed E-state index contributed by atoms with van der Waals surface area (Å²) in [4.78, 5) is 26.0. The van der Waals surface area contributed by atoms with Crippen LogP contribution in [0.3, 0.4) is 0 Å². The number of halogens is 3. The number of benzene rings is 1. The maximum Gasteiger partial charge on any atom is 0.573 e. The third kappa shape index (κ3) is 6.02. The molecule has 3 heterocycles. The standard InChI is InChI=1S/C21H22F3N5O3S/c1-13-16-9-14(3-4-17(16)27-20(25-13)29-7-5-28(2)6-8-29)26-18(30)11-31-15-10-19(33-12-15)32-21(22,23)24/h3-4,9-10,12H,5-8,11H2,1-2H3,(H,26,30). The van der Waals surface area contributed by atoms with Gasteiger partial charge in [-0.05, 0) is 32.2 Å². The fourth-order valence-electron chi connectivity index (χ4n) is 3.38. The first-order valence-corrected chi connectivity index (χ1v) is 11.0. The lowest BCUT2D eigenvalue weighted by atomic mass is 10.1. The number of rotatable bonds is 6. The number of hydrogen-bond donors (Lipinski definition) is 1. The molecule has 1 saturated heterocycles. The summed E-state index contributed by atoms with van der Waals surface area (Å²) < 4.78 is 45.8. The number of likely N-dealkylation sites (N-methyl/N-ethyl adjacent to an activating group) is 1. The Labute approximate surface area is 191 Å². The van der Waals surface area contributed by atoms with Crippen LogP contribution >= 0.6 is 11.3 Å². The first kappa shape index (κ1) is 23.1. The number of aromatic nitrogens is 2. The summed E-state index contributed by atoms with van der Waals surface area (Å²) >= 11 is 0.728. The predicted molar refractivity (Wildman–Crippen MR) is 119 cm³/mol. The zero-order valence-corrected chi connectivity index (χ0v) is 18.8. The van der Waals surface area contributed by atoms with Gasteiger partial charge in [-0.3, -0.25) is 4.79 Å². The van der Waals surface area contributed by atoms with Crippen LogP contribution in [-0.2, 0) is 4.79 Å². The van der Waals surface area contributed by atoms with Gasteiger partial charge in [-0.2, -0.15) is 0 Å². The van der Waals surface area contributed by atoms with Gasteiger partial charge in [0.25, 0.3) is 5.91 Å². The van der Waals surface area contributed by atoms with Crippen LogP contribution in [0.4, 0.5) is 24.8 Å². The van der Waals surface area contributed by atoms with Crippen molar-refractivity contribution in [3.8, 4) is 10.8 Å². The first-order chi connectivity index (χ1) is 15.7. The Bertz CT molecular complexity index is 1150. The Kier molecular flexibility index (Phi) is 6.56. The molecule has 3 aromatic rings. The summed E-state index contributed by atoms with van der Waals surface area (Å²) in [6.07, 6.45) is -4.78. The van der Waals surface area contributed by atoms with Crippen molar-refractivity contribution in [1.82, 2.24) is 14.9 Å². The average molecular weight is 482 g/mol. The van der Waals surface area contributed by atoms with Gasteiger partial charge in [0, 0.05) is 48.7 Å². The molecule has 0 spiro atoms. The van der Waals surface area contributed by atoms with Gasteiger partial charge in [-0.1, -0.05) is 0 Å². The molecule has 176 valence electrons. The maximum absolute atomic E-state index is 12.2. The quantitative estimate of drug-likeness (QED) is 0.576. The summed E-state index contributed by atoms with van der Waals surface area (Å²) in [6, 6.07) is 6.43. The Balaban J connectivity index is 1.38. The lowest BCUT2D eigenvalue weighted by Crippen LogP contribution is -2.45. The van der Waals surface area contributed by atoms with Crippen molar-refractivity contribution in [3.05, 3.63) is 35.3 Å². The summed E-state index contributed by atoms with van der Waals surface area (Å²) in [7, 11) is 2.09.